The molecule has 0 fully saturated rings. The van der Waals surface area contributed by atoms with Crippen LogP contribution in [0.15, 0.2) is 30.3 Å². The summed E-state index contributed by atoms with van der Waals surface area (Å²) < 4.78 is 16.7. The molecule has 6 heteroatoms. The number of carbonyl (C=O) groups excluding carboxylic acids is 2. The summed E-state index contributed by atoms with van der Waals surface area (Å²) in [6.07, 6.45) is 0.154. The lowest BCUT2D eigenvalue weighted by Gasteiger charge is -2.22. The lowest BCUT2D eigenvalue weighted by atomic mass is 9.97. The summed E-state index contributed by atoms with van der Waals surface area (Å²) in [5, 5.41) is 10.3. The largest absolute Gasteiger partial charge is 0.504 e. The average molecular weight is 384 g/mol. The zero-order chi connectivity index (χ0) is 20.4. The van der Waals surface area contributed by atoms with Crippen LogP contribution in [0, 0.1) is 12.8 Å². The predicted octanol–water partition coefficient (Wildman–Crippen LogP) is 4.81. The molecule has 0 spiro atoms. The van der Waals surface area contributed by atoms with E-state index in [-0.39, 0.29) is 35.4 Å². The van der Waals surface area contributed by atoms with Crippen molar-refractivity contribution in [2.24, 2.45) is 5.92 Å². The van der Waals surface area contributed by atoms with E-state index in [2.05, 4.69) is 0 Å². The standard InChI is InChI=1S/C22H24O6/c1-12(2)7-20(27-14(4)23)15-5-6-19-17(10-15)22(25)26-11-16-8-13(3)9-18(24)21(16)28-19/h5-6,8-10,12,20,24H,7,11H2,1-4H3. The van der Waals surface area contributed by atoms with E-state index in [0.717, 1.165) is 5.56 Å². The lowest BCUT2D eigenvalue weighted by molar-refractivity contribution is -0.147. The highest BCUT2D eigenvalue weighted by atomic mass is 16.5. The number of aryl methyl sites for hydroxylation is 1. The van der Waals surface area contributed by atoms with Crippen molar-refractivity contribution in [1.29, 1.82) is 0 Å². The van der Waals surface area contributed by atoms with Crippen LogP contribution in [-0.4, -0.2) is 17.0 Å². The summed E-state index contributed by atoms with van der Waals surface area (Å²) in [4.78, 5) is 24.1. The molecule has 1 aliphatic rings. The average Bonchev–Trinajstić information content (AvgIpc) is 2.59. The Hall–Kier alpha value is -3.02. The van der Waals surface area contributed by atoms with Crippen molar-refractivity contribution in [2.45, 2.75) is 46.8 Å². The van der Waals surface area contributed by atoms with Gasteiger partial charge in [-0.05, 0) is 54.7 Å². The number of phenolic OH excluding ortho intramolecular Hbond substituents is 1. The minimum atomic E-state index is -0.533. The highest BCUT2D eigenvalue weighted by molar-refractivity contribution is 5.93. The molecule has 0 saturated heterocycles. The summed E-state index contributed by atoms with van der Waals surface area (Å²) in [6.45, 7) is 7.25. The van der Waals surface area contributed by atoms with Crippen LogP contribution in [0.5, 0.6) is 17.2 Å². The number of benzene rings is 2. The summed E-state index contributed by atoms with van der Waals surface area (Å²) in [5.74, 6) is -0.0898. The third kappa shape index (κ3) is 4.27. The van der Waals surface area contributed by atoms with Crippen molar-refractivity contribution in [3.63, 3.8) is 0 Å². The van der Waals surface area contributed by atoms with Crippen molar-refractivity contribution in [3.05, 3.63) is 52.6 Å². The Kier molecular flexibility index (Phi) is 5.58. The van der Waals surface area contributed by atoms with E-state index in [4.69, 9.17) is 14.2 Å². The molecule has 28 heavy (non-hydrogen) atoms. The maximum Gasteiger partial charge on any atom is 0.342 e. The van der Waals surface area contributed by atoms with Gasteiger partial charge in [0.05, 0.1) is 0 Å². The number of hydrogen-bond donors (Lipinski definition) is 1. The van der Waals surface area contributed by atoms with Crippen molar-refractivity contribution in [1.82, 2.24) is 0 Å². The van der Waals surface area contributed by atoms with Gasteiger partial charge in [0.15, 0.2) is 11.5 Å². The SMILES string of the molecule is CC(=O)OC(CC(C)C)c1ccc2c(c1)C(=O)OCc1cc(C)cc(O)c1O2. The Bertz CT molecular complexity index is 915. The first-order valence-electron chi connectivity index (χ1n) is 9.23. The van der Waals surface area contributed by atoms with Gasteiger partial charge in [-0.25, -0.2) is 4.79 Å². The molecular weight excluding hydrogens is 360 g/mol. The highest BCUT2D eigenvalue weighted by Crippen LogP contribution is 2.40. The Morgan fingerprint density at radius 3 is 2.68 bits per heavy atom. The van der Waals surface area contributed by atoms with E-state index in [9.17, 15) is 14.7 Å². The van der Waals surface area contributed by atoms with E-state index in [1.54, 1.807) is 30.3 Å². The number of rotatable bonds is 4. The zero-order valence-corrected chi connectivity index (χ0v) is 16.4. The number of cyclic esters (lactones) is 1. The van der Waals surface area contributed by atoms with E-state index < -0.39 is 12.1 Å². The summed E-state index contributed by atoms with van der Waals surface area (Å²) in [6, 6.07) is 8.42. The van der Waals surface area contributed by atoms with Crippen LogP contribution in [0.2, 0.25) is 0 Å². The molecule has 1 N–H and O–H groups in total. The van der Waals surface area contributed by atoms with Crippen LogP contribution >= 0.6 is 0 Å². The molecule has 2 aromatic carbocycles. The Morgan fingerprint density at radius 2 is 2.00 bits per heavy atom. The van der Waals surface area contributed by atoms with Crippen LogP contribution in [-0.2, 0) is 20.9 Å². The van der Waals surface area contributed by atoms with Gasteiger partial charge < -0.3 is 19.3 Å². The molecule has 0 radical (unpaired) electrons. The normalized spacial score (nSPS) is 14.1. The smallest absolute Gasteiger partial charge is 0.342 e. The van der Waals surface area contributed by atoms with E-state index >= 15 is 0 Å². The summed E-state index contributed by atoms with van der Waals surface area (Å²) >= 11 is 0. The van der Waals surface area contributed by atoms with Crippen LogP contribution < -0.4 is 4.74 Å². The number of carbonyl (C=O) groups is 2. The number of aromatic hydroxyl groups is 1. The first kappa shape index (κ1) is 19.7. The maximum absolute atomic E-state index is 12.6. The number of hydrogen-bond acceptors (Lipinski definition) is 6. The quantitative estimate of drug-likeness (QED) is 0.762. The Morgan fingerprint density at radius 1 is 1.25 bits per heavy atom. The molecule has 1 unspecified atom stereocenters. The summed E-state index contributed by atoms with van der Waals surface area (Å²) in [7, 11) is 0. The molecule has 0 aliphatic carbocycles. The molecule has 0 aromatic heterocycles. The molecule has 0 saturated carbocycles. The van der Waals surface area contributed by atoms with Gasteiger partial charge >= 0.3 is 11.9 Å². The van der Waals surface area contributed by atoms with Crippen molar-refractivity contribution < 1.29 is 28.9 Å². The molecule has 0 amide bonds. The fourth-order valence-corrected chi connectivity index (χ4v) is 3.26. The van der Waals surface area contributed by atoms with Crippen LogP contribution in [0.25, 0.3) is 0 Å². The zero-order valence-electron chi connectivity index (χ0n) is 16.4. The highest BCUT2D eigenvalue weighted by Gasteiger charge is 2.25. The molecule has 0 bridgehead atoms. The van der Waals surface area contributed by atoms with Crippen molar-refractivity contribution in [3.8, 4) is 17.2 Å². The maximum atomic E-state index is 12.6. The molecule has 148 valence electrons. The molecular formula is C22H24O6. The predicted molar refractivity (Wildman–Crippen MR) is 102 cm³/mol. The first-order valence-corrected chi connectivity index (χ1v) is 9.23. The van der Waals surface area contributed by atoms with Gasteiger partial charge in [-0.1, -0.05) is 19.9 Å². The Labute approximate surface area is 164 Å². The number of phenols is 1. The van der Waals surface area contributed by atoms with Gasteiger partial charge in [0.2, 0.25) is 0 Å². The molecule has 3 rings (SSSR count). The molecule has 1 atom stereocenters. The number of esters is 2. The van der Waals surface area contributed by atoms with Gasteiger partial charge in [-0.2, -0.15) is 0 Å². The van der Waals surface area contributed by atoms with Gasteiger partial charge in [-0.3, -0.25) is 4.79 Å². The second-order valence-electron chi connectivity index (χ2n) is 7.43. The van der Waals surface area contributed by atoms with Gasteiger partial charge in [-0.15, -0.1) is 0 Å². The third-order valence-electron chi connectivity index (χ3n) is 4.45. The Balaban J connectivity index is 2.02. The third-order valence-corrected chi connectivity index (χ3v) is 4.45. The fourth-order valence-electron chi connectivity index (χ4n) is 3.26. The van der Waals surface area contributed by atoms with E-state index in [1.807, 2.05) is 20.8 Å². The molecule has 1 aliphatic heterocycles. The van der Waals surface area contributed by atoms with Crippen molar-refractivity contribution >= 4 is 11.9 Å². The van der Waals surface area contributed by atoms with Crippen LogP contribution in [0.4, 0.5) is 0 Å². The topological polar surface area (TPSA) is 82.1 Å². The minimum absolute atomic E-state index is 0.00750. The fraction of sp³-hybridized carbons (Fsp3) is 0.364. The van der Waals surface area contributed by atoms with Gasteiger partial charge in [0, 0.05) is 12.5 Å². The van der Waals surface area contributed by atoms with Crippen LogP contribution in [0.3, 0.4) is 0 Å². The van der Waals surface area contributed by atoms with Crippen LogP contribution in [0.1, 0.15) is 60.3 Å². The van der Waals surface area contributed by atoms with Gasteiger partial charge in [0.25, 0.3) is 0 Å². The minimum Gasteiger partial charge on any atom is -0.504 e. The van der Waals surface area contributed by atoms with Gasteiger partial charge in [0.1, 0.15) is 24.0 Å². The molecule has 6 nitrogen and oxygen atoms in total. The second-order valence-corrected chi connectivity index (χ2v) is 7.43. The lowest BCUT2D eigenvalue weighted by Crippen LogP contribution is -2.14. The molecule has 2 aromatic rings. The first-order chi connectivity index (χ1) is 13.2. The van der Waals surface area contributed by atoms with E-state index in [0.29, 0.717) is 23.5 Å². The van der Waals surface area contributed by atoms with E-state index in [1.165, 1.54) is 6.92 Å². The van der Waals surface area contributed by atoms with Crippen molar-refractivity contribution in [2.75, 3.05) is 0 Å². The monoisotopic (exact) mass is 384 g/mol. The number of fused-ring (bicyclic) bond motifs is 2. The molecule has 1 heterocycles. The number of ether oxygens (including phenoxy) is 3. The second kappa shape index (κ2) is 7.92. The summed E-state index contributed by atoms with van der Waals surface area (Å²) in [5.41, 5.74) is 2.35.